The second-order valence-electron chi connectivity index (χ2n) is 2.72. The van der Waals surface area contributed by atoms with Crippen molar-refractivity contribution in [2.24, 2.45) is 23.6 Å². The summed E-state index contributed by atoms with van der Waals surface area (Å²) in [7, 11) is 1.88. The van der Waals surface area contributed by atoms with Crippen LogP contribution in [0.3, 0.4) is 0 Å². The summed E-state index contributed by atoms with van der Waals surface area (Å²) in [6.45, 7) is 2.47. The van der Waals surface area contributed by atoms with Crippen molar-refractivity contribution in [2.75, 3.05) is 0 Å². The molecule has 72 valence electrons. The number of hydrogen-bond donors (Lipinski definition) is 3. The molecule has 1 aromatic heterocycles. The fourth-order valence-corrected chi connectivity index (χ4v) is 0.915. The van der Waals surface area contributed by atoms with Gasteiger partial charge >= 0.3 is 0 Å². The van der Waals surface area contributed by atoms with Crippen LogP contribution in [0, 0.1) is 6.92 Å². The van der Waals surface area contributed by atoms with Crippen LogP contribution in [-0.4, -0.2) is 15.7 Å². The van der Waals surface area contributed by atoms with E-state index in [1.165, 1.54) is 0 Å². The molecule has 1 heterocycles. The molecule has 0 amide bonds. The maximum absolute atomic E-state index is 5.36. The highest BCUT2D eigenvalue weighted by molar-refractivity contribution is 5.77. The zero-order valence-corrected chi connectivity index (χ0v) is 7.78. The van der Waals surface area contributed by atoms with Crippen LogP contribution >= 0.6 is 0 Å². The third kappa shape index (κ3) is 2.19. The Morgan fingerprint density at radius 1 is 1.77 bits per heavy atom. The monoisotopic (exact) mass is 182 g/mol. The molecule has 0 unspecified atom stereocenters. The molecule has 0 bridgehead atoms. The summed E-state index contributed by atoms with van der Waals surface area (Å²) in [6.07, 6.45) is 1.77. The predicted molar refractivity (Wildman–Crippen MR) is 50.6 cm³/mol. The molecule has 1 rings (SSSR count). The quantitative estimate of drug-likeness (QED) is 0.237. The zero-order chi connectivity index (χ0) is 9.84. The molecular weight excluding hydrogens is 168 g/mol. The molecule has 0 aliphatic carbocycles. The van der Waals surface area contributed by atoms with Gasteiger partial charge in [0.1, 0.15) is 0 Å². The first-order valence-electron chi connectivity index (χ1n) is 3.89. The molecule has 0 saturated carbocycles. The first kappa shape index (κ1) is 9.53. The van der Waals surface area contributed by atoms with E-state index in [0.717, 1.165) is 11.3 Å². The van der Waals surface area contributed by atoms with Gasteiger partial charge in [0.15, 0.2) is 0 Å². The number of nitrogens with one attached hydrogen (secondary N) is 1. The smallest absolute Gasteiger partial charge is 0.203 e. The molecule has 5 N–H and O–H groups in total. The largest absolute Gasteiger partial charge is 0.369 e. The summed E-state index contributed by atoms with van der Waals surface area (Å²) in [4.78, 5) is 3.99. The van der Waals surface area contributed by atoms with Crippen LogP contribution in [0.4, 0.5) is 0 Å². The third-order valence-corrected chi connectivity index (χ3v) is 1.90. The van der Waals surface area contributed by atoms with Gasteiger partial charge < -0.3 is 5.73 Å². The van der Waals surface area contributed by atoms with Gasteiger partial charge in [-0.15, -0.1) is 0 Å². The Bertz CT molecular complexity index is 313. The first-order valence-corrected chi connectivity index (χ1v) is 3.89. The van der Waals surface area contributed by atoms with E-state index < -0.39 is 0 Å². The second kappa shape index (κ2) is 3.90. The minimum atomic E-state index is 0.225. The Kier molecular flexibility index (Phi) is 2.86. The van der Waals surface area contributed by atoms with Crippen LogP contribution < -0.4 is 17.0 Å². The van der Waals surface area contributed by atoms with Gasteiger partial charge in [-0.25, -0.2) is 10.8 Å². The van der Waals surface area contributed by atoms with E-state index in [0.29, 0.717) is 6.54 Å². The van der Waals surface area contributed by atoms with Crippen molar-refractivity contribution in [2.45, 2.75) is 13.5 Å². The highest BCUT2D eigenvalue weighted by Gasteiger charge is 2.01. The number of rotatable bonds is 2. The van der Waals surface area contributed by atoms with E-state index >= 15 is 0 Å². The van der Waals surface area contributed by atoms with Crippen LogP contribution in [0.2, 0.25) is 0 Å². The van der Waals surface area contributed by atoms with Crippen LogP contribution in [0.1, 0.15) is 11.3 Å². The number of hydrogen-bond acceptors (Lipinski definition) is 3. The van der Waals surface area contributed by atoms with Gasteiger partial charge in [-0.05, 0) is 6.92 Å². The average Bonchev–Trinajstić information content (AvgIpc) is 2.44. The van der Waals surface area contributed by atoms with Crippen molar-refractivity contribution in [1.29, 1.82) is 0 Å². The van der Waals surface area contributed by atoms with Crippen molar-refractivity contribution < 1.29 is 0 Å². The van der Waals surface area contributed by atoms with Gasteiger partial charge in [0, 0.05) is 18.3 Å². The maximum atomic E-state index is 5.36. The highest BCUT2D eigenvalue weighted by atomic mass is 15.3. The Balaban J connectivity index is 2.70. The topological polar surface area (TPSA) is 94.2 Å². The van der Waals surface area contributed by atoms with Crippen LogP contribution in [-0.2, 0) is 13.6 Å². The minimum Gasteiger partial charge on any atom is -0.369 e. The predicted octanol–water partition coefficient (Wildman–Crippen LogP) is -0.993. The van der Waals surface area contributed by atoms with E-state index in [9.17, 15) is 0 Å². The van der Waals surface area contributed by atoms with Gasteiger partial charge in [-0.3, -0.25) is 10.1 Å². The molecule has 6 heteroatoms. The molecule has 6 nitrogen and oxygen atoms in total. The Labute approximate surface area is 76.6 Å². The number of aryl methyl sites for hydroxylation is 1. The van der Waals surface area contributed by atoms with Crippen molar-refractivity contribution in [3.8, 4) is 0 Å². The Morgan fingerprint density at radius 3 is 2.92 bits per heavy atom. The lowest BCUT2D eigenvalue weighted by Crippen LogP contribution is -2.37. The van der Waals surface area contributed by atoms with E-state index in [-0.39, 0.29) is 5.96 Å². The molecule has 0 spiro atoms. The SMILES string of the molecule is Cc1c(CN=C(N)NN)cnn1C. The van der Waals surface area contributed by atoms with Crippen LogP contribution in [0.15, 0.2) is 11.2 Å². The average molecular weight is 182 g/mol. The molecule has 0 aliphatic heterocycles. The molecule has 0 fully saturated rings. The summed E-state index contributed by atoms with van der Waals surface area (Å²) in [6, 6.07) is 0. The maximum Gasteiger partial charge on any atom is 0.203 e. The normalized spacial score (nSPS) is 11.8. The number of aliphatic imine (C=N–C) groups is 1. The number of nitrogens with zero attached hydrogens (tertiary/aromatic N) is 3. The molecule has 0 aliphatic rings. The standard InChI is InChI=1S/C7H14N6/c1-5-6(4-11-13(5)2)3-10-7(8)12-9/h4H,3,9H2,1-2H3,(H3,8,10,12). The van der Waals surface area contributed by atoms with Crippen molar-refractivity contribution in [3.05, 3.63) is 17.5 Å². The van der Waals surface area contributed by atoms with E-state index in [4.69, 9.17) is 11.6 Å². The highest BCUT2D eigenvalue weighted by Crippen LogP contribution is 2.06. The fraction of sp³-hybridized carbons (Fsp3) is 0.429. The molecule has 0 aromatic carbocycles. The summed E-state index contributed by atoms with van der Waals surface area (Å²) < 4.78 is 1.79. The third-order valence-electron chi connectivity index (χ3n) is 1.90. The first-order chi connectivity index (χ1) is 6.15. The summed E-state index contributed by atoms with van der Waals surface area (Å²) in [5.74, 6) is 5.28. The number of hydrazine groups is 1. The van der Waals surface area contributed by atoms with Crippen molar-refractivity contribution in [1.82, 2.24) is 15.2 Å². The van der Waals surface area contributed by atoms with Gasteiger partial charge in [-0.2, -0.15) is 5.10 Å². The van der Waals surface area contributed by atoms with Crippen molar-refractivity contribution in [3.63, 3.8) is 0 Å². The molecule has 1 aromatic rings. The van der Waals surface area contributed by atoms with Gasteiger partial charge in [-0.1, -0.05) is 0 Å². The second-order valence-corrected chi connectivity index (χ2v) is 2.72. The zero-order valence-electron chi connectivity index (χ0n) is 7.78. The molecule has 0 saturated heterocycles. The van der Waals surface area contributed by atoms with Gasteiger partial charge in [0.2, 0.25) is 5.96 Å². The Morgan fingerprint density at radius 2 is 2.46 bits per heavy atom. The summed E-state index contributed by atoms with van der Waals surface area (Å²) in [5, 5.41) is 4.07. The summed E-state index contributed by atoms with van der Waals surface area (Å²) >= 11 is 0. The lowest BCUT2D eigenvalue weighted by Gasteiger charge is -1.98. The van der Waals surface area contributed by atoms with E-state index in [2.05, 4.69) is 15.5 Å². The molecule has 13 heavy (non-hydrogen) atoms. The Hall–Kier alpha value is -1.56. The number of guanidine groups is 1. The van der Waals surface area contributed by atoms with Crippen LogP contribution in [0.5, 0.6) is 0 Å². The molecule has 0 atom stereocenters. The molecule has 0 radical (unpaired) electrons. The van der Waals surface area contributed by atoms with Gasteiger partial charge in [0.05, 0.1) is 12.7 Å². The lowest BCUT2D eigenvalue weighted by molar-refractivity contribution is 0.737. The lowest BCUT2D eigenvalue weighted by atomic mass is 10.3. The summed E-state index contributed by atoms with van der Waals surface area (Å²) in [5.41, 5.74) is 9.75. The fourth-order valence-electron chi connectivity index (χ4n) is 0.915. The number of nitrogens with two attached hydrogens (primary N) is 2. The number of aromatic nitrogens is 2. The van der Waals surface area contributed by atoms with Crippen molar-refractivity contribution >= 4 is 5.96 Å². The minimum absolute atomic E-state index is 0.225. The van der Waals surface area contributed by atoms with Crippen LogP contribution in [0.25, 0.3) is 0 Å². The van der Waals surface area contributed by atoms with E-state index in [1.54, 1.807) is 10.9 Å². The van der Waals surface area contributed by atoms with Gasteiger partial charge in [0.25, 0.3) is 0 Å². The van der Waals surface area contributed by atoms with E-state index in [1.807, 2.05) is 14.0 Å². The molecular formula is C7H14N6.